The summed E-state index contributed by atoms with van der Waals surface area (Å²) < 4.78 is 6.96. The number of rotatable bonds is 2. The van der Waals surface area contributed by atoms with E-state index in [-0.39, 0.29) is 18.3 Å². The molecular weight excluding hydrogens is 240 g/mol. The van der Waals surface area contributed by atoms with Gasteiger partial charge in [-0.15, -0.1) is 0 Å². The van der Waals surface area contributed by atoms with Gasteiger partial charge in [-0.05, 0) is 0 Å². The molecule has 1 amide bonds. The van der Waals surface area contributed by atoms with Crippen molar-refractivity contribution in [1.29, 1.82) is 0 Å². The molecule has 0 aliphatic carbocycles. The third-order valence-corrected chi connectivity index (χ3v) is 3.04. The highest BCUT2D eigenvalue weighted by atomic mass is 16.5. The molecule has 18 heavy (non-hydrogen) atoms. The first-order valence-electron chi connectivity index (χ1n) is 5.35. The fraction of sp³-hybridized carbons (Fsp3) is 0.444. The number of aliphatic hydroxyl groups is 1. The molecule has 0 spiro atoms. The third kappa shape index (κ3) is 1.34. The number of primary amides is 1. The van der Waals surface area contributed by atoms with Crippen LogP contribution in [0.1, 0.15) is 16.7 Å². The van der Waals surface area contributed by atoms with E-state index in [2.05, 4.69) is 15.3 Å². The number of anilines is 1. The lowest BCUT2D eigenvalue weighted by atomic mass is 10.1. The second kappa shape index (κ2) is 3.60. The van der Waals surface area contributed by atoms with E-state index < -0.39 is 24.2 Å². The van der Waals surface area contributed by atoms with E-state index in [0.717, 1.165) is 0 Å². The molecule has 6 N–H and O–H groups in total. The number of fused-ring (bicyclic) bond motifs is 3. The van der Waals surface area contributed by atoms with Crippen molar-refractivity contribution in [2.24, 2.45) is 16.5 Å². The summed E-state index contributed by atoms with van der Waals surface area (Å²) in [5.74, 6) is -0.230. The van der Waals surface area contributed by atoms with Crippen molar-refractivity contribution < 1.29 is 14.6 Å². The number of nitrogens with one attached hydrogen (secondary N) is 1. The van der Waals surface area contributed by atoms with Crippen LogP contribution in [0.4, 0.5) is 5.82 Å². The molecule has 1 aromatic rings. The van der Waals surface area contributed by atoms with E-state index >= 15 is 0 Å². The highest BCUT2D eigenvalue weighted by Gasteiger charge is 2.43. The smallest absolute Gasteiger partial charge is 0.284 e. The zero-order valence-corrected chi connectivity index (χ0v) is 9.28. The largest absolute Gasteiger partial charge is 0.455 e. The van der Waals surface area contributed by atoms with Gasteiger partial charge in [0, 0.05) is 0 Å². The first kappa shape index (κ1) is 10.8. The van der Waals surface area contributed by atoms with E-state index in [1.54, 1.807) is 4.57 Å². The van der Waals surface area contributed by atoms with Gasteiger partial charge >= 0.3 is 0 Å². The minimum atomic E-state index is -0.651. The van der Waals surface area contributed by atoms with E-state index in [0.29, 0.717) is 5.82 Å². The molecule has 0 saturated heterocycles. The van der Waals surface area contributed by atoms with E-state index in [1.807, 2.05) is 0 Å². The van der Waals surface area contributed by atoms with Gasteiger partial charge in [-0.3, -0.25) is 9.36 Å². The minimum Gasteiger partial charge on any atom is -0.455 e. The van der Waals surface area contributed by atoms with Gasteiger partial charge in [0.05, 0.1) is 19.0 Å². The molecule has 96 valence electrons. The summed E-state index contributed by atoms with van der Waals surface area (Å²) in [6.45, 7) is -0.187. The average molecular weight is 252 g/mol. The third-order valence-electron chi connectivity index (χ3n) is 3.04. The van der Waals surface area contributed by atoms with Gasteiger partial charge < -0.3 is 26.6 Å². The van der Waals surface area contributed by atoms with Gasteiger partial charge in [0.2, 0.25) is 0 Å². The van der Waals surface area contributed by atoms with Crippen LogP contribution in [0.15, 0.2) is 11.3 Å². The molecule has 3 heterocycles. The predicted molar refractivity (Wildman–Crippen MR) is 60.8 cm³/mol. The summed E-state index contributed by atoms with van der Waals surface area (Å²) in [5, 5.41) is 12.3. The van der Waals surface area contributed by atoms with Crippen LogP contribution in [0, 0.1) is 0 Å². The van der Waals surface area contributed by atoms with Crippen molar-refractivity contribution >= 4 is 17.7 Å². The lowest BCUT2D eigenvalue weighted by Gasteiger charge is -2.33. The number of aliphatic imine (C=N–C) groups is 1. The van der Waals surface area contributed by atoms with Crippen LogP contribution in [-0.2, 0) is 4.74 Å². The topological polar surface area (TPSA) is 141 Å². The molecular formula is C9H12N6O3. The van der Waals surface area contributed by atoms with Crippen molar-refractivity contribution in [2.45, 2.75) is 18.3 Å². The molecule has 3 atom stereocenters. The number of hydrogen-bond donors (Lipinski definition) is 4. The second-order valence-corrected chi connectivity index (χ2v) is 4.11. The molecule has 0 aromatic carbocycles. The first-order chi connectivity index (χ1) is 8.61. The van der Waals surface area contributed by atoms with Crippen LogP contribution in [0.25, 0.3) is 0 Å². The summed E-state index contributed by atoms with van der Waals surface area (Å²) in [6, 6.07) is -0.380. The molecule has 3 rings (SSSR count). The SMILES string of the molecule is NC(=O)c1ncn2c1N[C@H](CO)[C@H]1OC(N)=N[C@H]12. The molecule has 9 nitrogen and oxygen atoms in total. The maximum absolute atomic E-state index is 11.2. The Hall–Kier alpha value is -2.29. The van der Waals surface area contributed by atoms with Crippen LogP contribution in [0.2, 0.25) is 0 Å². The van der Waals surface area contributed by atoms with Crippen molar-refractivity contribution in [3.8, 4) is 0 Å². The molecule has 0 saturated carbocycles. The zero-order chi connectivity index (χ0) is 12.9. The van der Waals surface area contributed by atoms with Gasteiger partial charge in [0.25, 0.3) is 11.9 Å². The molecule has 2 aliphatic rings. The number of amides is 1. The standard InChI is InChI=1S/C9H12N6O3/c10-6(17)4-7-13-3(1-16)5-8(14-9(11)18-5)15(7)2-12-4/h2-3,5,8,13,16H,1H2,(H2,10,17)(H2,11,14)/t3-,5-,8+/m1/s1. The maximum atomic E-state index is 11.2. The van der Waals surface area contributed by atoms with Crippen molar-refractivity contribution in [1.82, 2.24) is 9.55 Å². The Morgan fingerprint density at radius 3 is 3.11 bits per heavy atom. The summed E-state index contributed by atoms with van der Waals surface area (Å²) in [5.41, 5.74) is 10.9. The number of carbonyl (C=O) groups excluding carboxylic acids is 1. The molecule has 0 unspecified atom stereocenters. The number of nitrogens with two attached hydrogens (primary N) is 2. The first-order valence-corrected chi connectivity index (χ1v) is 5.35. The number of imidazole rings is 1. The fourth-order valence-corrected chi connectivity index (χ4v) is 2.24. The van der Waals surface area contributed by atoms with Crippen LogP contribution in [-0.4, -0.2) is 45.3 Å². The van der Waals surface area contributed by atoms with Crippen molar-refractivity contribution in [3.63, 3.8) is 0 Å². The maximum Gasteiger partial charge on any atom is 0.284 e. The Balaban J connectivity index is 2.08. The number of aliphatic hydroxyl groups excluding tert-OH is 1. The van der Waals surface area contributed by atoms with Gasteiger partial charge in [-0.1, -0.05) is 0 Å². The molecule has 0 fully saturated rings. The Morgan fingerprint density at radius 2 is 2.44 bits per heavy atom. The lowest BCUT2D eigenvalue weighted by molar-refractivity contribution is 0.0971. The number of ether oxygens (including phenoxy) is 1. The van der Waals surface area contributed by atoms with E-state index in [1.165, 1.54) is 6.33 Å². The quantitative estimate of drug-likeness (QED) is 0.479. The minimum absolute atomic E-state index is 0.0485. The van der Waals surface area contributed by atoms with Gasteiger partial charge in [-0.25, -0.2) is 9.98 Å². The number of hydrogen-bond acceptors (Lipinski definition) is 7. The van der Waals surface area contributed by atoms with E-state index in [4.69, 9.17) is 16.2 Å². The highest BCUT2D eigenvalue weighted by molar-refractivity contribution is 5.96. The number of nitrogens with zero attached hydrogens (tertiary/aromatic N) is 3. The summed E-state index contributed by atoms with van der Waals surface area (Å²) >= 11 is 0. The average Bonchev–Trinajstić information content (AvgIpc) is 2.89. The Morgan fingerprint density at radius 1 is 1.67 bits per heavy atom. The second-order valence-electron chi connectivity index (χ2n) is 4.11. The van der Waals surface area contributed by atoms with Crippen molar-refractivity contribution in [3.05, 3.63) is 12.0 Å². The van der Waals surface area contributed by atoms with Crippen LogP contribution >= 0.6 is 0 Å². The molecule has 1 aromatic heterocycles. The lowest BCUT2D eigenvalue weighted by Crippen LogP contribution is -2.46. The van der Waals surface area contributed by atoms with Crippen molar-refractivity contribution in [2.75, 3.05) is 11.9 Å². The highest BCUT2D eigenvalue weighted by Crippen LogP contribution is 2.35. The predicted octanol–water partition coefficient (Wildman–Crippen LogP) is -2.02. The number of aromatic nitrogens is 2. The zero-order valence-electron chi connectivity index (χ0n) is 9.28. The number of carbonyl (C=O) groups is 1. The van der Waals surface area contributed by atoms with Gasteiger partial charge in [0.15, 0.2) is 18.0 Å². The monoisotopic (exact) mass is 252 g/mol. The molecule has 0 radical (unpaired) electrons. The Bertz CT molecular complexity index is 538. The molecule has 0 bridgehead atoms. The van der Waals surface area contributed by atoms with Gasteiger partial charge in [0.1, 0.15) is 5.82 Å². The van der Waals surface area contributed by atoms with Crippen LogP contribution < -0.4 is 16.8 Å². The van der Waals surface area contributed by atoms with Gasteiger partial charge in [-0.2, -0.15) is 0 Å². The normalized spacial score (nSPS) is 28.7. The Labute approximate surface area is 101 Å². The summed E-state index contributed by atoms with van der Waals surface area (Å²) in [4.78, 5) is 19.3. The van der Waals surface area contributed by atoms with E-state index in [9.17, 15) is 9.90 Å². The van der Waals surface area contributed by atoms with Crippen LogP contribution in [0.3, 0.4) is 0 Å². The Kier molecular flexibility index (Phi) is 2.17. The number of amidine groups is 1. The summed E-state index contributed by atoms with van der Waals surface area (Å²) in [6.07, 6.45) is 0.565. The fourth-order valence-electron chi connectivity index (χ4n) is 2.24. The van der Waals surface area contributed by atoms with Crippen LogP contribution in [0.5, 0.6) is 0 Å². The summed E-state index contributed by atoms with van der Waals surface area (Å²) in [7, 11) is 0. The molecule has 2 aliphatic heterocycles. The molecule has 9 heteroatoms.